The number of morpholine rings is 1. The molecule has 0 aromatic rings. The van der Waals surface area contributed by atoms with Crippen LogP contribution in [0, 0.1) is 0 Å². The first-order valence-electron chi connectivity index (χ1n) is 6.43. The van der Waals surface area contributed by atoms with Gasteiger partial charge in [0.1, 0.15) is 0 Å². The third-order valence-corrected chi connectivity index (χ3v) is 3.09. The highest BCUT2D eigenvalue weighted by atomic mass is 35.5. The molecule has 0 saturated carbocycles. The predicted octanol–water partition coefficient (Wildman–Crippen LogP) is 0.794. The molecule has 1 aliphatic heterocycles. The zero-order valence-corrected chi connectivity index (χ0v) is 13.4. The SMILES string of the molecule is CC(N)CCC(=O)NCC(C)N1CCOCC1.Cl.Cl. The van der Waals surface area contributed by atoms with Gasteiger partial charge in [0.2, 0.25) is 5.91 Å². The Kier molecular flexibility index (Phi) is 13.1. The third-order valence-electron chi connectivity index (χ3n) is 3.09. The van der Waals surface area contributed by atoms with E-state index in [1.54, 1.807) is 0 Å². The van der Waals surface area contributed by atoms with Crippen molar-refractivity contribution >= 4 is 30.7 Å². The van der Waals surface area contributed by atoms with Crippen molar-refractivity contribution in [3.63, 3.8) is 0 Å². The van der Waals surface area contributed by atoms with E-state index in [0.717, 1.165) is 32.7 Å². The number of amides is 1. The van der Waals surface area contributed by atoms with Crippen LogP contribution >= 0.6 is 24.8 Å². The molecule has 1 aliphatic rings. The zero-order valence-electron chi connectivity index (χ0n) is 11.8. The average Bonchev–Trinajstić information content (AvgIpc) is 2.34. The van der Waals surface area contributed by atoms with Gasteiger partial charge in [0.15, 0.2) is 0 Å². The molecular formula is C12H27Cl2N3O2. The average molecular weight is 316 g/mol. The quantitative estimate of drug-likeness (QED) is 0.760. The first-order valence-corrected chi connectivity index (χ1v) is 6.43. The third kappa shape index (κ3) is 9.46. The van der Waals surface area contributed by atoms with Gasteiger partial charge < -0.3 is 15.8 Å². The van der Waals surface area contributed by atoms with Crippen LogP contribution in [-0.2, 0) is 9.53 Å². The molecule has 0 aromatic heterocycles. The molecule has 1 fully saturated rings. The maximum atomic E-state index is 11.5. The lowest BCUT2D eigenvalue weighted by Crippen LogP contribution is -2.47. The summed E-state index contributed by atoms with van der Waals surface area (Å²) in [5, 5.41) is 2.96. The number of hydrogen-bond donors (Lipinski definition) is 2. The number of rotatable bonds is 6. The Bertz CT molecular complexity index is 237. The Balaban J connectivity index is 0. The van der Waals surface area contributed by atoms with Gasteiger partial charge in [0.05, 0.1) is 13.2 Å². The van der Waals surface area contributed by atoms with Gasteiger partial charge in [0.25, 0.3) is 0 Å². The molecular weight excluding hydrogens is 289 g/mol. The number of ether oxygens (including phenoxy) is 1. The summed E-state index contributed by atoms with van der Waals surface area (Å²) in [6, 6.07) is 0.468. The van der Waals surface area contributed by atoms with E-state index >= 15 is 0 Å². The lowest BCUT2D eigenvalue weighted by atomic mass is 10.2. The van der Waals surface area contributed by atoms with Crippen LogP contribution in [0.4, 0.5) is 0 Å². The van der Waals surface area contributed by atoms with E-state index in [-0.39, 0.29) is 36.8 Å². The highest BCUT2D eigenvalue weighted by molar-refractivity contribution is 5.85. The Morgan fingerprint density at radius 1 is 1.32 bits per heavy atom. The van der Waals surface area contributed by atoms with Gasteiger partial charge in [-0.15, -0.1) is 24.8 Å². The molecule has 0 aromatic carbocycles. The van der Waals surface area contributed by atoms with Gasteiger partial charge in [-0.05, 0) is 20.3 Å². The van der Waals surface area contributed by atoms with Crippen molar-refractivity contribution in [1.82, 2.24) is 10.2 Å². The molecule has 1 rings (SSSR count). The highest BCUT2D eigenvalue weighted by Gasteiger charge is 2.17. The van der Waals surface area contributed by atoms with Crippen molar-refractivity contribution in [2.24, 2.45) is 5.73 Å². The number of nitrogens with two attached hydrogens (primary N) is 1. The fourth-order valence-electron chi connectivity index (χ4n) is 1.86. The Morgan fingerprint density at radius 3 is 2.42 bits per heavy atom. The molecule has 3 N–H and O–H groups in total. The molecule has 19 heavy (non-hydrogen) atoms. The van der Waals surface area contributed by atoms with Crippen molar-refractivity contribution in [2.45, 2.75) is 38.8 Å². The normalized spacial score (nSPS) is 18.7. The van der Waals surface area contributed by atoms with Crippen LogP contribution in [0.1, 0.15) is 26.7 Å². The van der Waals surface area contributed by atoms with Crippen molar-refractivity contribution in [2.75, 3.05) is 32.8 Å². The van der Waals surface area contributed by atoms with Crippen LogP contribution in [0.15, 0.2) is 0 Å². The molecule has 1 amide bonds. The molecule has 1 heterocycles. The monoisotopic (exact) mass is 315 g/mol. The fourth-order valence-corrected chi connectivity index (χ4v) is 1.86. The molecule has 1 saturated heterocycles. The van der Waals surface area contributed by atoms with Crippen LogP contribution in [0.3, 0.4) is 0 Å². The van der Waals surface area contributed by atoms with E-state index in [2.05, 4.69) is 17.1 Å². The minimum atomic E-state index is 0. The smallest absolute Gasteiger partial charge is 0.220 e. The minimum Gasteiger partial charge on any atom is -0.379 e. The summed E-state index contributed by atoms with van der Waals surface area (Å²) in [5.74, 6) is 0.0995. The summed E-state index contributed by atoms with van der Waals surface area (Å²) in [5.41, 5.74) is 5.61. The van der Waals surface area contributed by atoms with E-state index in [4.69, 9.17) is 10.5 Å². The largest absolute Gasteiger partial charge is 0.379 e. The Labute approximate surface area is 128 Å². The van der Waals surface area contributed by atoms with E-state index in [1.165, 1.54) is 0 Å². The fraction of sp³-hybridized carbons (Fsp3) is 0.917. The Hall–Kier alpha value is -0.0700. The summed E-state index contributed by atoms with van der Waals surface area (Å²) in [4.78, 5) is 13.9. The van der Waals surface area contributed by atoms with Crippen LogP contribution < -0.4 is 11.1 Å². The number of halogens is 2. The summed E-state index contributed by atoms with van der Waals surface area (Å²) in [6.45, 7) is 8.26. The number of hydrogen-bond acceptors (Lipinski definition) is 4. The molecule has 0 radical (unpaired) electrons. The van der Waals surface area contributed by atoms with Gasteiger partial charge in [-0.25, -0.2) is 0 Å². The van der Waals surface area contributed by atoms with Gasteiger partial charge >= 0.3 is 0 Å². The van der Waals surface area contributed by atoms with Crippen LogP contribution in [0.25, 0.3) is 0 Å². The van der Waals surface area contributed by atoms with E-state index < -0.39 is 0 Å². The summed E-state index contributed by atoms with van der Waals surface area (Å²) in [6.07, 6.45) is 1.27. The Morgan fingerprint density at radius 2 is 1.89 bits per heavy atom. The standard InChI is InChI=1S/C12H25N3O2.2ClH/c1-10(13)3-4-12(16)14-9-11(2)15-5-7-17-8-6-15;;/h10-11H,3-9,13H2,1-2H3,(H,14,16);2*1H. The van der Waals surface area contributed by atoms with Crippen molar-refractivity contribution < 1.29 is 9.53 Å². The topological polar surface area (TPSA) is 67.6 Å². The van der Waals surface area contributed by atoms with Crippen LogP contribution in [-0.4, -0.2) is 55.7 Å². The minimum absolute atomic E-state index is 0. The zero-order chi connectivity index (χ0) is 12.7. The van der Waals surface area contributed by atoms with Gasteiger partial charge in [-0.1, -0.05) is 0 Å². The van der Waals surface area contributed by atoms with Gasteiger partial charge in [-0.2, -0.15) is 0 Å². The van der Waals surface area contributed by atoms with Crippen molar-refractivity contribution in [1.29, 1.82) is 0 Å². The number of nitrogens with one attached hydrogen (secondary N) is 1. The first-order chi connectivity index (χ1) is 8.09. The van der Waals surface area contributed by atoms with E-state index in [1.807, 2.05) is 6.92 Å². The van der Waals surface area contributed by atoms with Crippen LogP contribution in [0.2, 0.25) is 0 Å². The molecule has 0 spiro atoms. The van der Waals surface area contributed by atoms with Crippen molar-refractivity contribution in [3.8, 4) is 0 Å². The molecule has 0 aliphatic carbocycles. The van der Waals surface area contributed by atoms with Gasteiger partial charge in [0, 0.05) is 38.1 Å². The predicted molar refractivity (Wildman–Crippen MR) is 82.2 cm³/mol. The number of nitrogens with zero attached hydrogens (tertiary/aromatic N) is 1. The first kappa shape index (κ1) is 21.2. The maximum absolute atomic E-state index is 11.5. The second-order valence-corrected chi connectivity index (χ2v) is 4.82. The highest BCUT2D eigenvalue weighted by Crippen LogP contribution is 2.02. The summed E-state index contributed by atoms with van der Waals surface area (Å²) < 4.78 is 5.30. The second-order valence-electron chi connectivity index (χ2n) is 4.82. The summed E-state index contributed by atoms with van der Waals surface area (Å²) in [7, 11) is 0. The van der Waals surface area contributed by atoms with Crippen LogP contribution in [0.5, 0.6) is 0 Å². The number of carbonyl (C=O) groups is 1. The van der Waals surface area contributed by atoms with Gasteiger partial charge in [-0.3, -0.25) is 9.69 Å². The summed E-state index contributed by atoms with van der Waals surface area (Å²) >= 11 is 0. The molecule has 2 atom stereocenters. The lowest BCUT2D eigenvalue weighted by molar-refractivity contribution is -0.121. The second kappa shape index (κ2) is 11.7. The molecule has 2 unspecified atom stereocenters. The molecule has 7 heteroatoms. The van der Waals surface area contributed by atoms with Crippen molar-refractivity contribution in [3.05, 3.63) is 0 Å². The molecule has 5 nitrogen and oxygen atoms in total. The number of carbonyl (C=O) groups excluding carboxylic acids is 1. The van der Waals surface area contributed by atoms with E-state index in [0.29, 0.717) is 19.0 Å². The maximum Gasteiger partial charge on any atom is 0.220 e. The lowest BCUT2D eigenvalue weighted by Gasteiger charge is -2.32. The van der Waals surface area contributed by atoms with E-state index in [9.17, 15) is 4.79 Å². The molecule has 116 valence electrons. The molecule has 0 bridgehead atoms.